The van der Waals surface area contributed by atoms with E-state index in [9.17, 15) is 22.8 Å². The third-order valence-corrected chi connectivity index (χ3v) is 2.32. The summed E-state index contributed by atoms with van der Waals surface area (Å²) in [7, 11) is 0. The second-order valence-corrected chi connectivity index (χ2v) is 3.83. The summed E-state index contributed by atoms with van der Waals surface area (Å²) in [6.45, 7) is -0.574. The fourth-order valence-electron chi connectivity index (χ4n) is 1.29. The van der Waals surface area contributed by atoms with Gasteiger partial charge in [0.25, 0.3) is 0 Å². The molecule has 0 aliphatic heterocycles. The van der Waals surface area contributed by atoms with E-state index < -0.39 is 35.9 Å². The lowest BCUT2D eigenvalue weighted by Crippen LogP contribution is -2.38. The van der Waals surface area contributed by atoms with Gasteiger partial charge in [0, 0.05) is 0 Å². The Morgan fingerprint density at radius 2 is 1.95 bits per heavy atom. The van der Waals surface area contributed by atoms with Gasteiger partial charge in [-0.1, -0.05) is 17.7 Å². The summed E-state index contributed by atoms with van der Waals surface area (Å²) >= 11 is 5.64. The van der Waals surface area contributed by atoms with Crippen molar-refractivity contribution in [2.75, 3.05) is 11.9 Å². The molecule has 0 aromatic heterocycles. The summed E-state index contributed by atoms with van der Waals surface area (Å²) in [5.41, 5.74) is 3.25. The first-order chi connectivity index (χ1) is 8.71. The number of nitrogens with one attached hydrogen (secondary N) is 2. The molecule has 0 atom stereocenters. The van der Waals surface area contributed by atoms with Crippen LogP contribution in [-0.2, 0) is 11.0 Å². The van der Waals surface area contributed by atoms with Crippen LogP contribution in [0.3, 0.4) is 0 Å². The molecule has 0 saturated heterocycles. The number of rotatable bonds is 3. The van der Waals surface area contributed by atoms with Crippen LogP contribution in [0.15, 0.2) is 18.2 Å². The molecule has 0 spiro atoms. The number of para-hydroxylation sites is 1. The van der Waals surface area contributed by atoms with Gasteiger partial charge in [0.15, 0.2) is 0 Å². The number of anilines is 1. The maximum absolute atomic E-state index is 12.7. The average Bonchev–Trinajstić information content (AvgIpc) is 2.24. The van der Waals surface area contributed by atoms with Gasteiger partial charge in [0.2, 0.25) is 5.91 Å². The number of carbonyl (C=O) groups is 2. The van der Waals surface area contributed by atoms with Crippen molar-refractivity contribution in [3.05, 3.63) is 28.8 Å². The van der Waals surface area contributed by atoms with Gasteiger partial charge in [0.1, 0.15) is 0 Å². The van der Waals surface area contributed by atoms with E-state index in [1.165, 1.54) is 6.07 Å². The lowest BCUT2D eigenvalue weighted by molar-refractivity contribution is -0.137. The van der Waals surface area contributed by atoms with E-state index in [2.05, 4.69) is 11.1 Å². The molecule has 0 radical (unpaired) electrons. The van der Waals surface area contributed by atoms with E-state index in [1.54, 1.807) is 5.32 Å². The van der Waals surface area contributed by atoms with E-state index >= 15 is 0 Å². The van der Waals surface area contributed by atoms with Crippen LogP contribution >= 0.6 is 11.6 Å². The van der Waals surface area contributed by atoms with Crippen LogP contribution in [0.5, 0.6) is 0 Å². The standard InChI is InChI=1S/C10H9ClF3N3O2/c11-6-3-1-2-5(10(12,13)14)8(6)16-4-7(18)17-9(15)19/h1-3,16H,4H2,(H3,15,17,18,19). The second-order valence-electron chi connectivity index (χ2n) is 3.43. The molecule has 1 aromatic rings. The SMILES string of the molecule is NC(=O)NC(=O)CNc1c(Cl)cccc1C(F)(F)F. The van der Waals surface area contributed by atoms with Crippen molar-refractivity contribution in [3.8, 4) is 0 Å². The number of hydrogen-bond donors (Lipinski definition) is 3. The Hall–Kier alpha value is -1.96. The maximum Gasteiger partial charge on any atom is 0.418 e. The number of amides is 3. The summed E-state index contributed by atoms with van der Waals surface area (Å²) in [6, 6.07) is 2.10. The molecule has 0 heterocycles. The van der Waals surface area contributed by atoms with Crippen LogP contribution < -0.4 is 16.4 Å². The molecule has 1 aromatic carbocycles. The van der Waals surface area contributed by atoms with Gasteiger partial charge in [-0.05, 0) is 12.1 Å². The zero-order valence-electron chi connectivity index (χ0n) is 9.34. The highest BCUT2D eigenvalue weighted by molar-refractivity contribution is 6.33. The van der Waals surface area contributed by atoms with Crippen molar-refractivity contribution in [2.24, 2.45) is 5.73 Å². The van der Waals surface area contributed by atoms with Crippen LogP contribution in [0.2, 0.25) is 5.02 Å². The molecule has 0 unspecified atom stereocenters. The molecule has 19 heavy (non-hydrogen) atoms. The van der Waals surface area contributed by atoms with Crippen molar-refractivity contribution in [3.63, 3.8) is 0 Å². The molecule has 0 saturated carbocycles. The van der Waals surface area contributed by atoms with Crippen molar-refractivity contribution >= 4 is 29.2 Å². The largest absolute Gasteiger partial charge is 0.418 e. The zero-order chi connectivity index (χ0) is 14.6. The third-order valence-electron chi connectivity index (χ3n) is 2.01. The maximum atomic E-state index is 12.7. The zero-order valence-corrected chi connectivity index (χ0v) is 10.1. The monoisotopic (exact) mass is 295 g/mol. The first-order valence-corrected chi connectivity index (χ1v) is 5.28. The quantitative estimate of drug-likeness (QED) is 0.797. The fourth-order valence-corrected chi connectivity index (χ4v) is 1.53. The van der Waals surface area contributed by atoms with Crippen LogP contribution in [0, 0.1) is 0 Å². The minimum atomic E-state index is -4.62. The Morgan fingerprint density at radius 1 is 1.32 bits per heavy atom. The highest BCUT2D eigenvalue weighted by atomic mass is 35.5. The Bertz CT molecular complexity index is 505. The lowest BCUT2D eigenvalue weighted by Gasteiger charge is -2.15. The van der Waals surface area contributed by atoms with Crippen molar-refractivity contribution in [1.82, 2.24) is 5.32 Å². The molecule has 0 bridgehead atoms. The van der Waals surface area contributed by atoms with E-state index in [0.29, 0.717) is 0 Å². The topological polar surface area (TPSA) is 84.2 Å². The van der Waals surface area contributed by atoms with Gasteiger partial charge >= 0.3 is 12.2 Å². The Kier molecular flexibility index (Phi) is 4.60. The molecule has 4 N–H and O–H groups in total. The van der Waals surface area contributed by atoms with Gasteiger partial charge in [-0.15, -0.1) is 0 Å². The van der Waals surface area contributed by atoms with Crippen molar-refractivity contribution < 1.29 is 22.8 Å². The number of halogens is 4. The normalized spacial score (nSPS) is 10.9. The van der Waals surface area contributed by atoms with Crippen LogP contribution in [0.4, 0.5) is 23.7 Å². The Balaban J connectivity index is 2.89. The molecule has 0 aliphatic carbocycles. The highest BCUT2D eigenvalue weighted by Gasteiger charge is 2.34. The molecule has 104 valence electrons. The van der Waals surface area contributed by atoms with Gasteiger partial charge in [0.05, 0.1) is 22.8 Å². The molecule has 5 nitrogen and oxygen atoms in total. The number of hydrogen-bond acceptors (Lipinski definition) is 3. The molecule has 9 heteroatoms. The molecular weight excluding hydrogens is 287 g/mol. The van der Waals surface area contributed by atoms with Crippen LogP contribution in [-0.4, -0.2) is 18.5 Å². The summed E-state index contributed by atoms with van der Waals surface area (Å²) in [6.07, 6.45) is -4.62. The van der Waals surface area contributed by atoms with Crippen LogP contribution in [0.25, 0.3) is 0 Å². The smallest absolute Gasteiger partial charge is 0.374 e. The number of urea groups is 1. The van der Waals surface area contributed by atoms with Gasteiger partial charge < -0.3 is 11.1 Å². The predicted molar refractivity (Wildman–Crippen MR) is 62.7 cm³/mol. The second kappa shape index (κ2) is 5.79. The third kappa shape index (κ3) is 4.32. The average molecular weight is 296 g/mol. The summed E-state index contributed by atoms with van der Waals surface area (Å²) in [5.74, 6) is -0.874. The van der Waals surface area contributed by atoms with E-state index in [-0.39, 0.29) is 5.02 Å². The fraction of sp³-hybridized carbons (Fsp3) is 0.200. The summed E-state index contributed by atoms with van der Waals surface area (Å²) < 4.78 is 38.1. The van der Waals surface area contributed by atoms with E-state index in [4.69, 9.17) is 11.6 Å². The Labute approximate surface area is 110 Å². The number of alkyl halides is 3. The molecule has 0 fully saturated rings. The number of carbonyl (C=O) groups excluding carboxylic acids is 2. The van der Waals surface area contributed by atoms with Crippen molar-refractivity contribution in [1.29, 1.82) is 0 Å². The van der Waals surface area contributed by atoms with E-state index in [0.717, 1.165) is 12.1 Å². The summed E-state index contributed by atoms with van der Waals surface area (Å²) in [4.78, 5) is 21.5. The van der Waals surface area contributed by atoms with E-state index in [1.807, 2.05) is 0 Å². The molecule has 3 amide bonds. The number of imide groups is 1. The van der Waals surface area contributed by atoms with Gasteiger partial charge in [-0.25, -0.2) is 4.79 Å². The Morgan fingerprint density at radius 3 is 2.47 bits per heavy atom. The lowest BCUT2D eigenvalue weighted by atomic mass is 10.1. The summed E-state index contributed by atoms with van der Waals surface area (Å²) in [5, 5.41) is 3.73. The predicted octanol–water partition coefficient (Wildman–Crippen LogP) is 1.97. The van der Waals surface area contributed by atoms with Gasteiger partial charge in [-0.2, -0.15) is 13.2 Å². The number of benzene rings is 1. The first-order valence-electron chi connectivity index (χ1n) is 4.90. The van der Waals surface area contributed by atoms with Crippen LogP contribution in [0.1, 0.15) is 5.56 Å². The molecule has 1 rings (SSSR count). The molecule has 0 aliphatic rings. The minimum absolute atomic E-state index is 0.193. The highest BCUT2D eigenvalue weighted by Crippen LogP contribution is 2.38. The first kappa shape index (κ1) is 15.1. The van der Waals surface area contributed by atoms with Gasteiger partial charge in [-0.3, -0.25) is 10.1 Å². The number of primary amides is 1. The van der Waals surface area contributed by atoms with Crippen molar-refractivity contribution in [2.45, 2.75) is 6.18 Å². The minimum Gasteiger partial charge on any atom is -0.374 e. The number of nitrogens with two attached hydrogens (primary N) is 1. The molecular formula is C10H9ClF3N3O2.